The molecule has 0 aliphatic rings. The summed E-state index contributed by atoms with van der Waals surface area (Å²) in [7, 11) is 0. The Balaban J connectivity index is 1.74. The first kappa shape index (κ1) is 16.4. The smallest absolute Gasteiger partial charge is 0.325 e. The second kappa shape index (κ2) is 7.88. The van der Waals surface area contributed by atoms with Crippen LogP contribution in [0.4, 0.5) is 0 Å². The molecule has 1 aromatic carbocycles. The summed E-state index contributed by atoms with van der Waals surface area (Å²) in [6, 6.07) is 8.90. The van der Waals surface area contributed by atoms with E-state index in [0.29, 0.717) is 12.0 Å². The number of ketones is 1. The first-order valence-corrected chi connectivity index (χ1v) is 7.22. The lowest BCUT2D eigenvalue weighted by atomic mass is 10.1. The van der Waals surface area contributed by atoms with Gasteiger partial charge in [0, 0.05) is 31.1 Å². The Kier molecular flexibility index (Phi) is 5.62. The molecule has 0 spiro atoms. The SMILES string of the molecule is O=C(CCCC(=O)c1ccccc1)NCc1c[nH]c(=O)[nH]c1=O. The number of carbonyl (C=O) groups is 2. The van der Waals surface area contributed by atoms with Crippen LogP contribution in [0.3, 0.4) is 0 Å². The minimum Gasteiger partial charge on any atom is -0.352 e. The van der Waals surface area contributed by atoms with Crippen LogP contribution in [0.2, 0.25) is 0 Å². The largest absolute Gasteiger partial charge is 0.352 e. The molecule has 0 fully saturated rings. The van der Waals surface area contributed by atoms with Crippen molar-refractivity contribution in [2.75, 3.05) is 0 Å². The van der Waals surface area contributed by atoms with E-state index in [-0.39, 0.29) is 36.6 Å². The van der Waals surface area contributed by atoms with Gasteiger partial charge in [0.25, 0.3) is 5.56 Å². The predicted octanol–water partition coefficient (Wildman–Crippen LogP) is 0.733. The van der Waals surface area contributed by atoms with Crippen molar-refractivity contribution in [2.24, 2.45) is 0 Å². The van der Waals surface area contributed by atoms with Crippen molar-refractivity contribution in [1.82, 2.24) is 15.3 Å². The molecule has 23 heavy (non-hydrogen) atoms. The van der Waals surface area contributed by atoms with Crippen LogP contribution in [0.15, 0.2) is 46.1 Å². The molecule has 0 radical (unpaired) electrons. The lowest BCUT2D eigenvalue weighted by Gasteiger charge is -2.04. The van der Waals surface area contributed by atoms with Gasteiger partial charge in [-0.15, -0.1) is 0 Å². The zero-order chi connectivity index (χ0) is 16.7. The number of H-pyrrole nitrogens is 2. The number of hydrogen-bond donors (Lipinski definition) is 3. The zero-order valence-electron chi connectivity index (χ0n) is 12.4. The van der Waals surface area contributed by atoms with Crippen molar-refractivity contribution in [3.05, 3.63) is 68.5 Å². The zero-order valence-corrected chi connectivity index (χ0v) is 12.4. The maximum absolute atomic E-state index is 11.9. The number of aromatic nitrogens is 2. The van der Waals surface area contributed by atoms with E-state index in [0.717, 1.165) is 0 Å². The average Bonchev–Trinajstić information content (AvgIpc) is 2.54. The van der Waals surface area contributed by atoms with Crippen molar-refractivity contribution in [3.8, 4) is 0 Å². The lowest BCUT2D eigenvalue weighted by Crippen LogP contribution is -2.30. The molecule has 0 saturated carbocycles. The summed E-state index contributed by atoms with van der Waals surface area (Å²) in [4.78, 5) is 50.3. The molecule has 1 amide bonds. The fourth-order valence-electron chi connectivity index (χ4n) is 2.03. The van der Waals surface area contributed by atoms with Crippen LogP contribution in [0.25, 0.3) is 0 Å². The number of hydrogen-bond acceptors (Lipinski definition) is 4. The highest BCUT2D eigenvalue weighted by Gasteiger charge is 2.08. The van der Waals surface area contributed by atoms with Gasteiger partial charge in [-0.25, -0.2) is 4.79 Å². The third kappa shape index (κ3) is 5.06. The first-order valence-electron chi connectivity index (χ1n) is 7.22. The molecule has 7 heteroatoms. The van der Waals surface area contributed by atoms with Gasteiger partial charge in [0.05, 0.1) is 5.56 Å². The van der Waals surface area contributed by atoms with E-state index in [1.807, 2.05) is 6.07 Å². The molecule has 0 atom stereocenters. The molecule has 0 aliphatic carbocycles. The van der Waals surface area contributed by atoms with Crippen molar-refractivity contribution < 1.29 is 9.59 Å². The normalized spacial score (nSPS) is 10.3. The third-order valence-corrected chi connectivity index (χ3v) is 3.28. The molecular formula is C16H17N3O4. The van der Waals surface area contributed by atoms with Gasteiger partial charge < -0.3 is 10.3 Å². The van der Waals surface area contributed by atoms with Crippen molar-refractivity contribution in [2.45, 2.75) is 25.8 Å². The Labute approximate surface area is 131 Å². The molecule has 0 saturated heterocycles. The minimum absolute atomic E-state index is 0.00419. The van der Waals surface area contributed by atoms with Crippen molar-refractivity contribution in [1.29, 1.82) is 0 Å². The van der Waals surface area contributed by atoms with E-state index in [2.05, 4.69) is 15.3 Å². The molecule has 1 heterocycles. The average molecular weight is 315 g/mol. The summed E-state index contributed by atoms with van der Waals surface area (Å²) < 4.78 is 0. The van der Waals surface area contributed by atoms with E-state index >= 15 is 0 Å². The number of benzene rings is 1. The van der Waals surface area contributed by atoms with Gasteiger partial charge in [0.1, 0.15) is 0 Å². The van der Waals surface area contributed by atoms with Gasteiger partial charge in [-0.2, -0.15) is 0 Å². The number of nitrogens with one attached hydrogen (secondary N) is 3. The standard InChI is InChI=1S/C16H17N3O4/c20-13(11-5-2-1-3-6-11)7-4-8-14(21)17-9-12-10-18-16(23)19-15(12)22/h1-3,5-6,10H,4,7-9H2,(H,17,21)(H2,18,19,22,23). The number of carbonyl (C=O) groups excluding carboxylic acids is 2. The maximum Gasteiger partial charge on any atom is 0.325 e. The Hall–Kier alpha value is -2.96. The van der Waals surface area contributed by atoms with Crippen LogP contribution in [-0.2, 0) is 11.3 Å². The van der Waals surface area contributed by atoms with Gasteiger partial charge in [0.15, 0.2) is 5.78 Å². The van der Waals surface area contributed by atoms with E-state index in [1.165, 1.54) is 6.20 Å². The van der Waals surface area contributed by atoms with Crippen molar-refractivity contribution >= 4 is 11.7 Å². The molecule has 0 unspecified atom stereocenters. The Morgan fingerprint density at radius 1 is 1.04 bits per heavy atom. The van der Waals surface area contributed by atoms with Crippen LogP contribution < -0.4 is 16.6 Å². The fraction of sp³-hybridized carbons (Fsp3) is 0.250. The highest BCUT2D eigenvalue weighted by molar-refractivity contribution is 5.96. The van der Waals surface area contributed by atoms with Crippen LogP contribution in [0.1, 0.15) is 35.2 Å². The molecular weight excluding hydrogens is 298 g/mol. The second-order valence-electron chi connectivity index (χ2n) is 5.02. The first-order chi connectivity index (χ1) is 11.1. The molecule has 1 aromatic heterocycles. The number of aromatic amines is 2. The van der Waals surface area contributed by atoms with E-state index in [4.69, 9.17) is 0 Å². The van der Waals surface area contributed by atoms with Gasteiger partial charge >= 0.3 is 5.69 Å². The van der Waals surface area contributed by atoms with Gasteiger partial charge in [-0.1, -0.05) is 30.3 Å². The van der Waals surface area contributed by atoms with Crippen LogP contribution in [0.5, 0.6) is 0 Å². The summed E-state index contributed by atoms with van der Waals surface area (Å²) in [6.45, 7) is 0.0254. The highest BCUT2D eigenvalue weighted by Crippen LogP contribution is 2.06. The number of Topliss-reactive ketones (excluding diaryl/α,β-unsaturated/α-hetero) is 1. The van der Waals surface area contributed by atoms with Crippen molar-refractivity contribution in [3.63, 3.8) is 0 Å². The molecule has 7 nitrogen and oxygen atoms in total. The van der Waals surface area contributed by atoms with Gasteiger partial charge in [0.2, 0.25) is 5.91 Å². The molecule has 0 aliphatic heterocycles. The Bertz CT molecular complexity index is 793. The van der Waals surface area contributed by atoms with Crippen LogP contribution in [-0.4, -0.2) is 21.7 Å². The van der Waals surface area contributed by atoms with Gasteiger partial charge in [-0.3, -0.25) is 19.4 Å². The topological polar surface area (TPSA) is 112 Å². The fourth-order valence-corrected chi connectivity index (χ4v) is 2.03. The van der Waals surface area contributed by atoms with Crippen LogP contribution in [0, 0.1) is 0 Å². The summed E-state index contributed by atoms with van der Waals surface area (Å²) in [6.07, 6.45) is 2.18. The van der Waals surface area contributed by atoms with E-state index < -0.39 is 11.2 Å². The summed E-state index contributed by atoms with van der Waals surface area (Å²) in [5.41, 5.74) is -0.233. The molecule has 0 bridgehead atoms. The predicted molar refractivity (Wildman–Crippen MR) is 84.2 cm³/mol. The monoisotopic (exact) mass is 315 g/mol. The minimum atomic E-state index is -0.593. The Morgan fingerprint density at radius 3 is 2.48 bits per heavy atom. The van der Waals surface area contributed by atoms with Gasteiger partial charge in [-0.05, 0) is 6.42 Å². The molecule has 2 aromatic rings. The highest BCUT2D eigenvalue weighted by atomic mass is 16.2. The number of amides is 1. The second-order valence-corrected chi connectivity index (χ2v) is 5.02. The van der Waals surface area contributed by atoms with Crippen LogP contribution >= 0.6 is 0 Å². The van der Waals surface area contributed by atoms with E-state index in [1.54, 1.807) is 24.3 Å². The number of rotatable bonds is 7. The lowest BCUT2D eigenvalue weighted by molar-refractivity contribution is -0.121. The molecule has 120 valence electrons. The quantitative estimate of drug-likeness (QED) is 0.654. The maximum atomic E-state index is 11.9. The summed E-state index contributed by atoms with van der Waals surface area (Å²) in [5, 5.41) is 2.58. The van der Waals surface area contributed by atoms with E-state index in [9.17, 15) is 19.2 Å². The molecule has 2 rings (SSSR count). The molecule has 3 N–H and O–H groups in total. The Morgan fingerprint density at radius 2 is 1.78 bits per heavy atom. The summed E-state index contributed by atoms with van der Waals surface area (Å²) >= 11 is 0. The summed E-state index contributed by atoms with van der Waals surface area (Å²) in [5.74, 6) is -0.257. The third-order valence-electron chi connectivity index (χ3n) is 3.28.